The number of anilines is 2. The van der Waals surface area contributed by atoms with Gasteiger partial charge in [0.25, 0.3) is 0 Å². The highest BCUT2D eigenvalue weighted by Gasteiger charge is 2.28. The van der Waals surface area contributed by atoms with Gasteiger partial charge < -0.3 is 9.15 Å². The van der Waals surface area contributed by atoms with Crippen molar-refractivity contribution in [2.45, 2.75) is 6.92 Å². The van der Waals surface area contributed by atoms with Crippen molar-refractivity contribution in [3.63, 3.8) is 0 Å². The van der Waals surface area contributed by atoms with Crippen LogP contribution in [0.3, 0.4) is 0 Å². The first-order valence-electron chi connectivity index (χ1n) is 8.86. The van der Waals surface area contributed by atoms with Gasteiger partial charge in [0.2, 0.25) is 11.0 Å². The maximum atomic E-state index is 12.5. The van der Waals surface area contributed by atoms with E-state index >= 15 is 0 Å². The maximum absolute atomic E-state index is 12.5. The summed E-state index contributed by atoms with van der Waals surface area (Å²) in [4.78, 5) is 18.3. The Labute approximate surface area is 183 Å². The summed E-state index contributed by atoms with van der Waals surface area (Å²) in [7, 11) is 1.35. The van der Waals surface area contributed by atoms with Crippen LogP contribution in [0.15, 0.2) is 46.2 Å². The number of aromatic nitrogens is 3. The van der Waals surface area contributed by atoms with E-state index in [1.165, 1.54) is 29.8 Å². The summed E-state index contributed by atoms with van der Waals surface area (Å²) in [5, 5.41) is 15.7. The van der Waals surface area contributed by atoms with Gasteiger partial charge >= 0.3 is 5.97 Å². The number of benzene rings is 1. The molecule has 0 atom stereocenters. The average molecular weight is 455 g/mol. The molecule has 5 aromatic rings. The molecular weight excluding hydrogens is 440 g/mol. The molecule has 10 heteroatoms. The zero-order valence-corrected chi connectivity index (χ0v) is 18.3. The lowest BCUT2D eigenvalue weighted by atomic mass is 10.1. The van der Waals surface area contributed by atoms with Crippen LogP contribution in [0.4, 0.5) is 11.0 Å². The van der Waals surface area contributed by atoms with E-state index in [4.69, 9.17) is 14.1 Å². The number of ether oxygens (including phenoxy) is 1. The summed E-state index contributed by atoms with van der Waals surface area (Å²) < 4.78 is 11.9. The number of thiophene rings is 1. The number of carbonyl (C=O) groups is 1. The molecule has 0 unspecified atom stereocenters. The van der Waals surface area contributed by atoms with Gasteiger partial charge in [-0.05, 0) is 30.5 Å². The van der Waals surface area contributed by atoms with Crippen molar-refractivity contribution in [2.75, 3.05) is 12.4 Å². The van der Waals surface area contributed by atoms with Gasteiger partial charge in [-0.3, -0.25) is 5.32 Å². The van der Waals surface area contributed by atoms with Gasteiger partial charge in [0, 0.05) is 0 Å². The van der Waals surface area contributed by atoms with Crippen molar-refractivity contribution in [2.24, 2.45) is 0 Å². The van der Waals surface area contributed by atoms with Crippen LogP contribution in [0.5, 0.6) is 0 Å². The lowest BCUT2D eigenvalue weighted by molar-refractivity contribution is 0.0599. The Morgan fingerprint density at radius 2 is 1.97 bits per heavy atom. The molecule has 0 saturated carbocycles. The summed E-state index contributed by atoms with van der Waals surface area (Å²) in [6.07, 6.45) is 0. The normalized spacial score (nSPS) is 11.1. The number of carbonyl (C=O) groups excluding carboxylic acids is 1. The van der Waals surface area contributed by atoms with Crippen LogP contribution >= 0.6 is 34.0 Å². The van der Waals surface area contributed by atoms with Crippen molar-refractivity contribution in [1.29, 1.82) is 0 Å². The molecule has 4 heterocycles. The van der Waals surface area contributed by atoms with Crippen molar-refractivity contribution >= 4 is 61.2 Å². The number of hydrogen-bond acceptors (Lipinski definition) is 10. The molecule has 150 valence electrons. The second-order valence-electron chi connectivity index (χ2n) is 6.23. The minimum Gasteiger partial charge on any atom is -0.465 e. The number of hydrogen-bond donors (Lipinski definition) is 1. The number of nitrogens with one attached hydrogen (secondary N) is 1. The molecule has 5 rings (SSSR count). The lowest BCUT2D eigenvalue weighted by Crippen LogP contribution is -2.03. The largest absolute Gasteiger partial charge is 0.465 e. The number of methoxy groups -OCH3 is 1. The number of nitrogens with zero attached hydrogens (tertiary/aromatic N) is 3. The first kappa shape index (κ1) is 18.9. The summed E-state index contributed by atoms with van der Waals surface area (Å²) in [6.45, 7) is 1.73. The third-order valence-electron chi connectivity index (χ3n) is 4.36. The molecule has 1 aromatic carbocycles. The number of furan rings is 1. The second kappa shape index (κ2) is 7.63. The quantitative estimate of drug-likeness (QED) is 0.327. The molecule has 7 nitrogen and oxygen atoms in total. The summed E-state index contributed by atoms with van der Waals surface area (Å²) in [6, 6.07) is 11.8. The zero-order chi connectivity index (χ0) is 20.7. The van der Waals surface area contributed by atoms with Gasteiger partial charge in [0.15, 0.2) is 5.01 Å². The van der Waals surface area contributed by atoms with Crippen molar-refractivity contribution in [1.82, 2.24) is 15.2 Å². The maximum Gasteiger partial charge on any atom is 0.342 e. The summed E-state index contributed by atoms with van der Waals surface area (Å²) >= 11 is 4.49. The number of esters is 1. The predicted molar refractivity (Wildman–Crippen MR) is 120 cm³/mol. The lowest BCUT2D eigenvalue weighted by Gasteiger charge is -2.02. The minimum absolute atomic E-state index is 0.349. The standard InChI is InChI=1S/C20H14N4O3S3/c1-10-14(19(25)26-2)15(18-21-11-6-3-4-7-12(11)29-18)16(27-10)22-20-24-23-17(30-20)13-8-5-9-28-13/h3-9H,1-2H3,(H,22,24). The number of aryl methyl sites for hydroxylation is 1. The molecule has 0 aliphatic heterocycles. The Balaban J connectivity index is 1.60. The fraction of sp³-hybridized carbons (Fsp3) is 0.100. The number of para-hydroxylation sites is 1. The highest BCUT2D eigenvalue weighted by atomic mass is 32.1. The van der Waals surface area contributed by atoms with E-state index in [-0.39, 0.29) is 0 Å². The number of fused-ring (bicyclic) bond motifs is 1. The Hall–Kier alpha value is -3.08. The zero-order valence-electron chi connectivity index (χ0n) is 15.8. The summed E-state index contributed by atoms with van der Waals surface area (Å²) in [5.41, 5.74) is 1.77. The van der Waals surface area contributed by atoms with Crippen LogP contribution in [-0.2, 0) is 4.74 Å². The Morgan fingerprint density at radius 1 is 1.10 bits per heavy atom. The van der Waals surface area contributed by atoms with Gasteiger partial charge in [0.05, 0.1) is 27.8 Å². The Morgan fingerprint density at radius 3 is 2.73 bits per heavy atom. The molecule has 0 spiro atoms. The van der Waals surface area contributed by atoms with Crippen molar-refractivity contribution < 1.29 is 13.9 Å². The monoisotopic (exact) mass is 454 g/mol. The highest BCUT2D eigenvalue weighted by molar-refractivity contribution is 7.23. The first-order valence-corrected chi connectivity index (χ1v) is 11.4. The molecule has 0 radical (unpaired) electrons. The fourth-order valence-electron chi connectivity index (χ4n) is 3.03. The molecule has 4 aromatic heterocycles. The number of rotatable bonds is 5. The Bertz CT molecular complexity index is 1320. The van der Waals surface area contributed by atoms with Crippen LogP contribution in [0.1, 0.15) is 16.1 Å². The number of thiazole rings is 1. The van der Waals surface area contributed by atoms with E-state index in [9.17, 15) is 4.79 Å². The average Bonchev–Trinajstić information content (AvgIpc) is 3.53. The Kier molecular flexibility index (Phi) is 4.81. The minimum atomic E-state index is -0.477. The fourth-order valence-corrected chi connectivity index (χ4v) is 5.58. The van der Waals surface area contributed by atoms with Gasteiger partial charge in [0.1, 0.15) is 16.3 Å². The van der Waals surface area contributed by atoms with Gasteiger partial charge in [-0.25, -0.2) is 9.78 Å². The predicted octanol–water partition coefficient (Wildman–Crippen LogP) is 5.97. The van der Waals surface area contributed by atoms with E-state index in [2.05, 4.69) is 15.5 Å². The van der Waals surface area contributed by atoms with Crippen LogP contribution in [-0.4, -0.2) is 28.3 Å². The highest BCUT2D eigenvalue weighted by Crippen LogP contribution is 2.42. The molecule has 0 bridgehead atoms. The van der Waals surface area contributed by atoms with Gasteiger partial charge in [-0.1, -0.05) is 29.5 Å². The summed E-state index contributed by atoms with van der Waals surface area (Å²) in [5.74, 6) is 0.359. The van der Waals surface area contributed by atoms with E-state index in [1.54, 1.807) is 18.3 Å². The third kappa shape index (κ3) is 3.28. The molecule has 0 saturated heterocycles. The van der Waals surface area contributed by atoms with E-state index < -0.39 is 5.97 Å². The third-order valence-corrected chi connectivity index (χ3v) is 7.29. The van der Waals surface area contributed by atoms with Gasteiger partial charge in [-0.2, -0.15) is 0 Å². The van der Waals surface area contributed by atoms with Crippen LogP contribution in [0.2, 0.25) is 0 Å². The molecule has 0 fully saturated rings. The van der Waals surface area contributed by atoms with Crippen LogP contribution in [0.25, 0.3) is 30.7 Å². The van der Waals surface area contributed by atoms with E-state index in [0.717, 1.165) is 20.1 Å². The van der Waals surface area contributed by atoms with E-state index in [1.807, 2.05) is 41.8 Å². The van der Waals surface area contributed by atoms with E-state index in [0.29, 0.717) is 32.9 Å². The molecule has 1 N–H and O–H groups in total. The van der Waals surface area contributed by atoms with Crippen LogP contribution in [0, 0.1) is 6.92 Å². The van der Waals surface area contributed by atoms with Crippen molar-refractivity contribution in [3.8, 4) is 20.5 Å². The molecule has 0 aliphatic carbocycles. The second-order valence-corrected chi connectivity index (χ2v) is 9.19. The molecule has 30 heavy (non-hydrogen) atoms. The van der Waals surface area contributed by atoms with Crippen molar-refractivity contribution in [3.05, 3.63) is 53.1 Å². The topological polar surface area (TPSA) is 90.1 Å². The van der Waals surface area contributed by atoms with Gasteiger partial charge in [-0.15, -0.1) is 32.9 Å². The molecule has 0 aliphatic rings. The molecular formula is C20H14N4O3S3. The first-order chi connectivity index (χ1) is 14.6. The molecule has 0 amide bonds. The SMILES string of the molecule is COC(=O)c1c(C)oc(Nc2nnc(-c3cccs3)s2)c1-c1nc2ccccc2s1. The van der Waals surface area contributed by atoms with Crippen LogP contribution < -0.4 is 5.32 Å². The smallest absolute Gasteiger partial charge is 0.342 e.